The van der Waals surface area contributed by atoms with Crippen molar-refractivity contribution in [2.75, 3.05) is 55.3 Å². The third-order valence-corrected chi connectivity index (χ3v) is 5.79. The van der Waals surface area contributed by atoms with Crippen molar-refractivity contribution in [2.24, 2.45) is 0 Å². The van der Waals surface area contributed by atoms with Gasteiger partial charge in [-0.1, -0.05) is 0 Å². The number of anilines is 3. The zero-order chi connectivity index (χ0) is 21.8. The van der Waals surface area contributed by atoms with E-state index in [4.69, 9.17) is 0 Å². The molecular formula is C22H28N6O3. The number of hydrogen-bond acceptors (Lipinski definition) is 6. The molecule has 0 saturated carbocycles. The Kier molecular flexibility index (Phi) is 6.22. The molecule has 9 heteroatoms. The second-order valence-corrected chi connectivity index (χ2v) is 8.07. The van der Waals surface area contributed by atoms with Crippen molar-refractivity contribution in [1.29, 1.82) is 0 Å². The predicted octanol–water partition coefficient (Wildman–Crippen LogP) is 1.07. The van der Waals surface area contributed by atoms with Gasteiger partial charge >= 0.3 is 0 Å². The number of piperazine rings is 1. The molecule has 31 heavy (non-hydrogen) atoms. The molecule has 2 aliphatic rings. The summed E-state index contributed by atoms with van der Waals surface area (Å²) in [6, 6.07) is 9.19. The highest BCUT2D eigenvalue weighted by Crippen LogP contribution is 2.21. The SMILES string of the molecule is CN1CCN(c2ccc(NC(=O)c3c(NC4CCNC(=O)C4)cc[nH]c3=O)cc2)CC1. The van der Waals surface area contributed by atoms with Gasteiger partial charge in [-0.3, -0.25) is 14.4 Å². The van der Waals surface area contributed by atoms with Gasteiger partial charge < -0.3 is 30.7 Å². The fourth-order valence-corrected chi connectivity index (χ4v) is 3.96. The third-order valence-electron chi connectivity index (χ3n) is 5.79. The van der Waals surface area contributed by atoms with Crippen molar-refractivity contribution < 1.29 is 9.59 Å². The topological polar surface area (TPSA) is 110 Å². The predicted molar refractivity (Wildman–Crippen MR) is 121 cm³/mol. The Balaban J connectivity index is 1.46. The standard InChI is InChI=1S/C22H28N6O3/c1-27-10-12-28(13-11-27)17-4-2-15(3-5-17)26-22(31)20-18(7-9-24-21(20)30)25-16-6-8-23-19(29)14-16/h2-5,7,9,16H,6,8,10-14H2,1H3,(H,23,29)(H,26,31)(H2,24,25,30). The average Bonchev–Trinajstić information content (AvgIpc) is 2.75. The summed E-state index contributed by atoms with van der Waals surface area (Å²) < 4.78 is 0. The van der Waals surface area contributed by atoms with Crippen molar-refractivity contribution in [3.63, 3.8) is 0 Å². The molecule has 164 valence electrons. The zero-order valence-corrected chi connectivity index (χ0v) is 17.6. The number of benzene rings is 1. The number of piperidine rings is 1. The summed E-state index contributed by atoms with van der Waals surface area (Å²) in [7, 11) is 2.12. The first-order valence-corrected chi connectivity index (χ1v) is 10.6. The van der Waals surface area contributed by atoms with Crippen molar-refractivity contribution >= 4 is 28.9 Å². The van der Waals surface area contributed by atoms with Gasteiger partial charge in [-0.05, 0) is 43.8 Å². The summed E-state index contributed by atoms with van der Waals surface area (Å²) in [6.45, 7) is 4.55. The number of pyridine rings is 1. The first kappa shape index (κ1) is 20.9. The molecule has 3 heterocycles. The minimum absolute atomic E-state index is 0.0108. The van der Waals surface area contributed by atoms with Crippen LogP contribution in [-0.4, -0.2) is 67.5 Å². The number of carbonyl (C=O) groups excluding carboxylic acids is 2. The van der Waals surface area contributed by atoms with E-state index in [1.165, 1.54) is 6.20 Å². The van der Waals surface area contributed by atoms with Crippen LogP contribution in [0.5, 0.6) is 0 Å². The van der Waals surface area contributed by atoms with E-state index >= 15 is 0 Å². The molecule has 1 unspecified atom stereocenters. The number of likely N-dealkylation sites (N-methyl/N-ethyl adjacent to an activating group) is 1. The van der Waals surface area contributed by atoms with E-state index in [0.717, 1.165) is 38.3 Å². The molecule has 9 nitrogen and oxygen atoms in total. The lowest BCUT2D eigenvalue weighted by atomic mass is 10.0. The lowest BCUT2D eigenvalue weighted by Crippen LogP contribution is -2.44. The fraction of sp³-hybridized carbons (Fsp3) is 0.409. The van der Waals surface area contributed by atoms with E-state index in [9.17, 15) is 14.4 Å². The Labute approximate surface area is 180 Å². The van der Waals surface area contributed by atoms with Crippen LogP contribution in [0.3, 0.4) is 0 Å². The summed E-state index contributed by atoms with van der Waals surface area (Å²) >= 11 is 0. The number of aromatic amines is 1. The van der Waals surface area contributed by atoms with Crippen LogP contribution in [0.25, 0.3) is 0 Å². The normalized spacial score (nSPS) is 19.6. The molecule has 1 aromatic heterocycles. The highest BCUT2D eigenvalue weighted by Gasteiger charge is 2.23. The van der Waals surface area contributed by atoms with Crippen molar-refractivity contribution in [3.8, 4) is 0 Å². The highest BCUT2D eigenvalue weighted by atomic mass is 16.2. The summed E-state index contributed by atoms with van der Waals surface area (Å²) in [5, 5.41) is 8.79. The van der Waals surface area contributed by atoms with E-state index < -0.39 is 11.5 Å². The number of hydrogen-bond donors (Lipinski definition) is 4. The number of aromatic nitrogens is 1. The molecule has 0 bridgehead atoms. The maximum atomic E-state index is 12.9. The molecule has 0 radical (unpaired) electrons. The minimum atomic E-state index is -0.489. The largest absolute Gasteiger partial charge is 0.381 e. The van der Waals surface area contributed by atoms with E-state index in [-0.39, 0.29) is 17.5 Å². The number of nitrogens with zero attached hydrogens (tertiary/aromatic N) is 2. The molecule has 4 rings (SSSR count). The molecule has 2 aliphatic heterocycles. The number of H-pyrrole nitrogens is 1. The van der Waals surface area contributed by atoms with Crippen LogP contribution in [0, 0.1) is 0 Å². The maximum absolute atomic E-state index is 12.9. The number of nitrogens with one attached hydrogen (secondary N) is 4. The van der Waals surface area contributed by atoms with Crippen LogP contribution < -0.4 is 26.4 Å². The maximum Gasteiger partial charge on any atom is 0.263 e. The van der Waals surface area contributed by atoms with Gasteiger partial charge in [-0.2, -0.15) is 0 Å². The summed E-state index contributed by atoms with van der Waals surface area (Å²) in [5.74, 6) is -0.531. The molecule has 2 fully saturated rings. The Bertz CT molecular complexity index is 995. The Morgan fingerprint density at radius 1 is 1.06 bits per heavy atom. The van der Waals surface area contributed by atoms with Crippen LogP contribution in [0.15, 0.2) is 41.3 Å². The summed E-state index contributed by atoms with van der Waals surface area (Å²) in [6.07, 6.45) is 2.53. The van der Waals surface area contributed by atoms with Crippen molar-refractivity contribution in [1.82, 2.24) is 15.2 Å². The smallest absolute Gasteiger partial charge is 0.263 e. The summed E-state index contributed by atoms with van der Waals surface area (Å²) in [4.78, 5) is 44.2. The van der Waals surface area contributed by atoms with E-state index in [1.807, 2.05) is 24.3 Å². The van der Waals surface area contributed by atoms with Gasteiger partial charge in [-0.15, -0.1) is 0 Å². The van der Waals surface area contributed by atoms with Crippen LogP contribution in [0.2, 0.25) is 0 Å². The Hall–Kier alpha value is -3.33. The first-order valence-electron chi connectivity index (χ1n) is 10.6. The highest BCUT2D eigenvalue weighted by molar-refractivity contribution is 6.07. The molecule has 2 amide bonds. The number of amides is 2. The van der Waals surface area contributed by atoms with Crippen LogP contribution in [-0.2, 0) is 4.79 Å². The third kappa shape index (κ3) is 5.05. The van der Waals surface area contributed by atoms with Gasteiger partial charge in [0.05, 0.1) is 5.69 Å². The average molecular weight is 425 g/mol. The lowest BCUT2D eigenvalue weighted by molar-refractivity contribution is -0.122. The van der Waals surface area contributed by atoms with Crippen LogP contribution in [0.1, 0.15) is 23.2 Å². The van der Waals surface area contributed by atoms with Crippen molar-refractivity contribution in [3.05, 3.63) is 52.4 Å². The molecule has 4 N–H and O–H groups in total. The molecule has 1 aromatic carbocycles. The molecule has 0 spiro atoms. The number of carbonyl (C=O) groups is 2. The summed E-state index contributed by atoms with van der Waals surface area (Å²) in [5.41, 5.74) is 1.69. The van der Waals surface area contributed by atoms with Gasteiger partial charge in [0.15, 0.2) is 0 Å². The zero-order valence-electron chi connectivity index (χ0n) is 17.6. The van der Waals surface area contributed by atoms with Gasteiger partial charge in [0.25, 0.3) is 11.5 Å². The second-order valence-electron chi connectivity index (χ2n) is 8.07. The Morgan fingerprint density at radius 2 is 1.81 bits per heavy atom. The molecule has 2 aromatic rings. The van der Waals surface area contributed by atoms with E-state index in [1.54, 1.807) is 6.07 Å². The fourth-order valence-electron chi connectivity index (χ4n) is 3.96. The monoisotopic (exact) mass is 424 g/mol. The van der Waals surface area contributed by atoms with Crippen LogP contribution >= 0.6 is 0 Å². The van der Waals surface area contributed by atoms with Gasteiger partial charge in [-0.25, -0.2) is 0 Å². The van der Waals surface area contributed by atoms with Gasteiger partial charge in [0.1, 0.15) is 5.56 Å². The minimum Gasteiger partial charge on any atom is -0.381 e. The molecular weight excluding hydrogens is 396 g/mol. The van der Waals surface area contributed by atoms with E-state index in [0.29, 0.717) is 24.3 Å². The van der Waals surface area contributed by atoms with Gasteiger partial charge in [0, 0.05) is 62.8 Å². The van der Waals surface area contributed by atoms with Crippen LogP contribution in [0.4, 0.5) is 17.1 Å². The molecule has 1 atom stereocenters. The van der Waals surface area contributed by atoms with Gasteiger partial charge in [0.2, 0.25) is 5.91 Å². The lowest BCUT2D eigenvalue weighted by Gasteiger charge is -2.34. The number of rotatable bonds is 5. The molecule has 0 aliphatic carbocycles. The first-order chi connectivity index (χ1) is 15.0. The quantitative estimate of drug-likeness (QED) is 0.572. The molecule has 2 saturated heterocycles. The van der Waals surface area contributed by atoms with Crippen molar-refractivity contribution in [2.45, 2.75) is 18.9 Å². The second kappa shape index (κ2) is 9.22. The van der Waals surface area contributed by atoms with E-state index in [2.05, 4.69) is 37.8 Å². The Morgan fingerprint density at radius 3 is 2.52 bits per heavy atom.